The molecule has 1 aromatic heterocycles. The van der Waals surface area contributed by atoms with E-state index in [1.807, 2.05) is 48.5 Å². The second-order valence-electron chi connectivity index (χ2n) is 7.79. The third-order valence-electron chi connectivity index (χ3n) is 5.88. The zero-order chi connectivity index (χ0) is 21.3. The van der Waals surface area contributed by atoms with Gasteiger partial charge in [0.15, 0.2) is 0 Å². The monoisotopic (exact) mass is 468 g/mol. The van der Waals surface area contributed by atoms with Gasteiger partial charge in [-0.15, -0.1) is 0 Å². The quantitative estimate of drug-likeness (QED) is 0.519. The molecule has 2 amide bonds. The largest absolute Gasteiger partial charge is 0.345 e. The van der Waals surface area contributed by atoms with Crippen molar-refractivity contribution in [3.8, 4) is 0 Å². The van der Waals surface area contributed by atoms with Crippen molar-refractivity contribution in [2.45, 2.75) is 32.7 Å². The minimum Gasteiger partial charge on any atom is -0.345 e. The van der Waals surface area contributed by atoms with E-state index in [0.717, 1.165) is 33.4 Å². The lowest BCUT2D eigenvalue weighted by Crippen LogP contribution is -2.40. The highest BCUT2D eigenvalue weighted by molar-refractivity contribution is 9.10. The van der Waals surface area contributed by atoms with Gasteiger partial charge < -0.3 is 15.2 Å². The lowest BCUT2D eigenvalue weighted by atomic mass is 9.97. The van der Waals surface area contributed by atoms with Gasteiger partial charge in [-0.1, -0.05) is 44.5 Å². The Hall–Kier alpha value is -2.67. The molecular weight excluding hydrogens is 444 g/mol. The smallest absolute Gasteiger partial charge is 0.239 e. The van der Waals surface area contributed by atoms with Gasteiger partial charge in [0.2, 0.25) is 11.8 Å². The van der Waals surface area contributed by atoms with Crippen LogP contribution >= 0.6 is 15.9 Å². The molecular formula is C23H25BrN4O2. The van der Waals surface area contributed by atoms with Crippen LogP contribution in [0.15, 0.2) is 53.0 Å². The Balaban J connectivity index is 1.54. The average molecular weight is 469 g/mol. The second-order valence-corrected chi connectivity index (χ2v) is 8.65. The number of halogens is 1. The number of imidazole rings is 1. The number of carbonyl (C=O) groups is 2. The van der Waals surface area contributed by atoms with Gasteiger partial charge in [0, 0.05) is 11.0 Å². The maximum Gasteiger partial charge on any atom is 0.239 e. The van der Waals surface area contributed by atoms with E-state index in [9.17, 15) is 9.59 Å². The summed E-state index contributed by atoms with van der Waals surface area (Å²) in [6.45, 7) is 4.70. The Labute approximate surface area is 184 Å². The number of amides is 2. The third-order valence-corrected chi connectivity index (χ3v) is 6.55. The van der Waals surface area contributed by atoms with Crippen LogP contribution in [0.5, 0.6) is 0 Å². The minimum absolute atomic E-state index is 0.160. The molecule has 1 aliphatic rings. The van der Waals surface area contributed by atoms with Crippen LogP contribution in [0.2, 0.25) is 0 Å². The zero-order valence-corrected chi connectivity index (χ0v) is 18.6. The summed E-state index contributed by atoms with van der Waals surface area (Å²) in [4.78, 5) is 35.8. The maximum absolute atomic E-state index is 13.1. The molecule has 0 spiro atoms. The van der Waals surface area contributed by atoms with Gasteiger partial charge in [0.05, 0.1) is 22.8 Å². The lowest BCUT2D eigenvalue weighted by molar-refractivity contribution is -0.132. The van der Waals surface area contributed by atoms with Crippen LogP contribution < -0.4 is 10.2 Å². The van der Waals surface area contributed by atoms with Gasteiger partial charge in [-0.3, -0.25) is 9.59 Å². The number of hydrogen-bond acceptors (Lipinski definition) is 3. The number of para-hydroxylation sites is 3. The van der Waals surface area contributed by atoms with Crippen molar-refractivity contribution in [2.24, 2.45) is 11.8 Å². The molecule has 3 aromatic rings. The fourth-order valence-corrected chi connectivity index (χ4v) is 4.42. The first kappa shape index (κ1) is 20.6. The Bertz CT molecular complexity index is 1050. The highest BCUT2D eigenvalue weighted by Gasteiger charge is 2.39. The predicted molar refractivity (Wildman–Crippen MR) is 121 cm³/mol. The van der Waals surface area contributed by atoms with E-state index in [1.54, 1.807) is 4.90 Å². The molecule has 0 radical (unpaired) electrons. The summed E-state index contributed by atoms with van der Waals surface area (Å²) in [6.07, 6.45) is 1.38. The van der Waals surface area contributed by atoms with Crippen LogP contribution in [0.4, 0.5) is 5.69 Å². The highest BCUT2D eigenvalue weighted by atomic mass is 79.9. The molecule has 2 aromatic carbocycles. The van der Waals surface area contributed by atoms with Gasteiger partial charge in [-0.2, -0.15) is 0 Å². The van der Waals surface area contributed by atoms with Gasteiger partial charge in [-0.05, 0) is 52.5 Å². The van der Waals surface area contributed by atoms with E-state index < -0.39 is 5.92 Å². The number of aromatic nitrogens is 2. The molecule has 0 saturated carbocycles. The van der Waals surface area contributed by atoms with E-state index >= 15 is 0 Å². The van der Waals surface area contributed by atoms with Crippen LogP contribution in [0.3, 0.4) is 0 Å². The molecule has 3 atom stereocenters. The molecule has 1 aliphatic heterocycles. The van der Waals surface area contributed by atoms with Gasteiger partial charge in [0.25, 0.3) is 0 Å². The fourth-order valence-electron chi connectivity index (χ4n) is 3.92. The van der Waals surface area contributed by atoms with Crippen LogP contribution in [-0.4, -0.2) is 28.3 Å². The van der Waals surface area contributed by atoms with Crippen LogP contribution in [0.1, 0.15) is 38.6 Å². The van der Waals surface area contributed by atoms with Gasteiger partial charge in [0.1, 0.15) is 11.7 Å². The Morgan fingerprint density at radius 2 is 2.00 bits per heavy atom. The summed E-state index contributed by atoms with van der Waals surface area (Å²) in [6, 6.07) is 15.1. The van der Waals surface area contributed by atoms with Crippen molar-refractivity contribution in [3.63, 3.8) is 0 Å². The number of H-pyrrole nitrogens is 1. The topological polar surface area (TPSA) is 78.1 Å². The molecule has 0 bridgehead atoms. The number of hydrogen-bond donors (Lipinski definition) is 2. The molecule has 2 N–H and O–H groups in total. The minimum atomic E-state index is -0.687. The predicted octanol–water partition coefficient (Wildman–Crippen LogP) is 4.58. The van der Waals surface area contributed by atoms with Crippen molar-refractivity contribution < 1.29 is 9.59 Å². The number of nitrogens with zero attached hydrogens (tertiary/aromatic N) is 2. The van der Waals surface area contributed by atoms with Gasteiger partial charge >= 0.3 is 0 Å². The summed E-state index contributed by atoms with van der Waals surface area (Å²) < 4.78 is 0.846. The summed E-state index contributed by atoms with van der Waals surface area (Å²) in [7, 11) is 0. The summed E-state index contributed by atoms with van der Waals surface area (Å²) in [5.41, 5.74) is 2.60. The number of rotatable bonds is 6. The molecule has 0 aliphatic carbocycles. The van der Waals surface area contributed by atoms with E-state index in [1.165, 1.54) is 0 Å². The first-order valence-corrected chi connectivity index (χ1v) is 11.1. The molecule has 7 heteroatoms. The number of benzene rings is 2. The second kappa shape index (κ2) is 8.60. The highest BCUT2D eigenvalue weighted by Crippen LogP contribution is 2.32. The maximum atomic E-state index is 13.1. The normalized spacial score (nSPS) is 18.6. The number of anilines is 1. The first-order valence-electron chi connectivity index (χ1n) is 10.3. The Kier molecular flexibility index (Phi) is 5.90. The summed E-state index contributed by atoms with van der Waals surface area (Å²) >= 11 is 3.50. The van der Waals surface area contributed by atoms with Crippen molar-refractivity contribution in [1.29, 1.82) is 0 Å². The van der Waals surface area contributed by atoms with Crippen LogP contribution in [0.25, 0.3) is 11.0 Å². The number of fused-ring (bicyclic) bond motifs is 1. The number of carbonyl (C=O) groups excluding carboxylic acids is 2. The van der Waals surface area contributed by atoms with Crippen molar-refractivity contribution in [3.05, 3.63) is 58.8 Å². The molecule has 1 fully saturated rings. The zero-order valence-electron chi connectivity index (χ0n) is 17.1. The van der Waals surface area contributed by atoms with Crippen molar-refractivity contribution in [2.75, 3.05) is 11.4 Å². The van der Waals surface area contributed by atoms with E-state index in [0.29, 0.717) is 13.0 Å². The SMILES string of the molecule is CCC(C)C(NC(=O)C1CCN(c2ccccc2Br)C1=O)c1nc2ccccc2[nH]1. The van der Waals surface area contributed by atoms with E-state index in [4.69, 9.17) is 0 Å². The molecule has 1 saturated heterocycles. The van der Waals surface area contributed by atoms with Crippen molar-refractivity contribution in [1.82, 2.24) is 15.3 Å². The van der Waals surface area contributed by atoms with E-state index in [2.05, 4.69) is 45.1 Å². The summed E-state index contributed by atoms with van der Waals surface area (Å²) in [5.74, 6) is -0.183. The summed E-state index contributed by atoms with van der Waals surface area (Å²) in [5, 5.41) is 3.11. The fraction of sp³-hybridized carbons (Fsp3) is 0.348. The molecule has 30 heavy (non-hydrogen) atoms. The average Bonchev–Trinajstić information content (AvgIpc) is 3.35. The first-order chi connectivity index (χ1) is 14.5. The Morgan fingerprint density at radius 1 is 1.27 bits per heavy atom. The third kappa shape index (κ3) is 3.86. The van der Waals surface area contributed by atoms with Crippen LogP contribution in [-0.2, 0) is 9.59 Å². The lowest BCUT2D eigenvalue weighted by Gasteiger charge is -2.24. The molecule has 2 heterocycles. The molecule has 156 valence electrons. The van der Waals surface area contributed by atoms with E-state index in [-0.39, 0.29) is 23.8 Å². The van der Waals surface area contributed by atoms with Crippen LogP contribution in [0, 0.1) is 11.8 Å². The molecule has 6 nitrogen and oxygen atoms in total. The molecule has 3 unspecified atom stereocenters. The Morgan fingerprint density at radius 3 is 2.73 bits per heavy atom. The number of nitrogens with one attached hydrogen (secondary N) is 2. The van der Waals surface area contributed by atoms with Crippen molar-refractivity contribution >= 4 is 44.5 Å². The standard InChI is InChI=1S/C23H25BrN4O2/c1-3-14(2)20(21-25-17-9-5-6-10-18(17)26-21)27-22(29)15-12-13-28(23(15)30)19-11-7-4-8-16(19)24/h4-11,14-15,20H,3,12-13H2,1-2H3,(H,25,26)(H,27,29). The van der Waals surface area contributed by atoms with Gasteiger partial charge in [-0.25, -0.2) is 4.98 Å². The number of aromatic amines is 1. The molecule has 4 rings (SSSR count).